The summed E-state index contributed by atoms with van der Waals surface area (Å²) in [5, 5.41) is 0. The second-order valence-electron chi connectivity index (χ2n) is 6.06. The van der Waals surface area contributed by atoms with Crippen LogP contribution < -0.4 is 5.56 Å². The Hall–Kier alpha value is -3.48. The molecule has 0 saturated carbocycles. The van der Waals surface area contributed by atoms with E-state index in [-0.39, 0.29) is 30.7 Å². The molecule has 2 aromatic carbocycles. The van der Waals surface area contributed by atoms with Crippen LogP contribution in [0.5, 0.6) is 0 Å². The lowest BCUT2D eigenvalue weighted by molar-refractivity contribution is -0.168. The van der Waals surface area contributed by atoms with Crippen molar-refractivity contribution in [2.24, 2.45) is 0 Å². The smallest absolute Gasteiger partial charge is 0.352 e. The van der Waals surface area contributed by atoms with Crippen molar-refractivity contribution in [3.63, 3.8) is 0 Å². The number of aromatic amines is 1. The Morgan fingerprint density at radius 1 is 1.07 bits per heavy atom. The second kappa shape index (κ2) is 8.94. The van der Waals surface area contributed by atoms with E-state index in [0.29, 0.717) is 16.6 Å². The van der Waals surface area contributed by atoms with Gasteiger partial charge >= 0.3 is 11.9 Å². The van der Waals surface area contributed by atoms with Gasteiger partial charge in [-0.15, -0.1) is 0 Å². The molecule has 3 aromatic rings. The molecule has 28 heavy (non-hydrogen) atoms. The van der Waals surface area contributed by atoms with Gasteiger partial charge in [0.2, 0.25) is 6.10 Å². The molecular formula is C21H20N2O5. The van der Waals surface area contributed by atoms with Gasteiger partial charge in [-0.2, -0.15) is 0 Å². The minimum Gasteiger partial charge on any atom is -0.463 e. The molecule has 0 saturated heterocycles. The SMILES string of the molecule is CCOC(=O)[C@@H](OC(=O)CCc1nc2ccccc2[nH]c1=O)c1ccccc1. The number of aromatic nitrogens is 2. The Bertz CT molecular complexity index is 1030. The van der Waals surface area contributed by atoms with Crippen LogP contribution in [0.15, 0.2) is 59.4 Å². The Labute approximate surface area is 161 Å². The largest absolute Gasteiger partial charge is 0.463 e. The number of hydrogen-bond donors (Lipinski definition) is 1. The van der Waals surface area contributed by atoms with Crippen LogP contribution in [0.2, 0.25) is 0 Å². The van der Waals surface area contributed by atoms with Crippen LogP contribution >= 0.6 is 0 Å². The Morgan fingerprint density at radius 3 is 2.54 bits per heavy atom. The molecule has 0 aliphatic heterocycles. The topological polar surface area (TPSA) is 98.3 Å². The summed E-state index contributed by atoms with van der Waals surface area (Å²) in [6.07, 6.45) is -1.13. The van der Waals surface area contributed by atoms with Crippen LogP contribution in [0.1, 0.15) is 30.7 Å². The highest BCUT2D eigenvalue weighted by atomic mass is 16.6. The van der Waals surface area contributed by atoms with E-state index in [1.54, 1.807) is 55.5 Å². The van der Waals surface area contributed by atoms with Crippen molar-refractivity contribution in [3.05, 3.63) is 76.2 Å². The van der Waals surface area contributed by atoms with Crippen molar-refractivity contribution in [2.75, 3.05) is 6.61 Å². The van der Waals surface area contributed by atoms with Crippen LogP contribution in [0.3, 0.4) is 0 Å². The molecule has 0 spiro atoms. The van der Waals surface area contributed by atoms with Crippen LogP contribution in [-0.2, 0) is 25.5 Å². The molecule has 0 amide bonds. The lowest BCUT2D eigenvalue weighted by Gasteiger charge is -2.16. The molecular weight excluding hydrogens is 360 g/mol. The fourth-order valence-electron chi connectivity index (χ4n) is 2.75. The van der Waals surface area contributed by atoms with Gasteiger partial charge in [-0.3, -0.25) is 9.59 Å². The first kappa shape index (κ1) is 19.3. The molecule has 7 heteroatoms. The van der Waals surface area contributed by atoms with Crippen molar-refractivity contribution in [1.29, 1.82) is 0 Å². The molecule has 1 N–H and O–H groups in total. The number of fused-ring (bicyclic) bond motifs is 1. The highest BCUT2D eigenvalue weighted by molar-refractivity contribution is 5.81. The normalized spacial score (nSPS) is 11.8. The fourth-order valence-corrected chi connectivity index (χ4v) is 2.75. The zero-order valence-electron chi connectivity index (χ0n) is 15.4. The molecule has 0 aliphatic carbocycles. The number of hydrogen-bond acceptors (Lipinski definition) is 6. The molecule has 144 valence electrons. The minimum atomic E-state index is -1.14. The van der Waals surface area contributed by atoms with E-state index in [2.05, 4.69) is 9.97 Å². The van der Waals surface area contributed by atoms with Crippen LogP contribution in [0.4, 0.5) is 0 Å². The molecule has 0 unspecified atom stereocenters. The zero-order valence-corrected chi connectivity index (χ0v) is 15.4. The number of ether oxygens (including phenoxy) is 2. The third kappa shape index (κ3) is 4.62. The Balaban J connectivity index is 1.70. The van der Waals surface area contributed by atoms with Crippen molar-refractivity contribution in [3.8, 4) is 0 Å². The summed E-state index contributed by atoms with van der Waals surface area (Å²) >= 11 is 0. The predicted molar refractivity (Wildman–Crippen MR) is 103 cm³/mol. The number of H-pyrrole nitrogens is 1. The van der Waals surface area contributed by atoms with Crippen LogP contribution in [-0.4, -0.2) is 28.5 Å². The summed E-state index contributed by atoms with van der Waals surface area (Å²) in [7, 11) is 0. The summed E-state index contributed by atoms with van der Waals surface area (Å²) in [6, 6.07) is 15.8. The summed E-state index contributed by atoms with van der Waals surface area (Å²) in [6.45, 7) is 1.86. The summed E-state index contributed by atoms with van der Waals surface area (Å²) < 4.78 is 10.4. The first-order chi connectivity index (χ1) is 13.6. The maximum absolute atomic E-state index is 12.3. The number of esters is 2. The summed E-state index contributed by atoms with van der Waals surface area (Å²) in [4.78, 5) is 43.7. The molecule has 1 aromatic heterocycles. The number of nitrogens with zero attached hydrogens (tertiary/aromatic N) is 1. The van der Waals surface area contributed by atoms with Gasteiger partial charge in [0.05, 0.1) is 24.1 Å². The number of benzene rings is 2. The standard InChI is InChI=1S/C21H20N2O5/c1-2-27-21(26)19(14-8-4-3-5-9-14)28-18(24)13-12-17-20(25)23-16-11-7-6-10-15(16)22-17/h3-11,19H,2,12-13H2,1H3,(H,23,25)/t19-/m0/s1. The quantitative estimate of drug-likeness (QED) is 0.633. The molecule has 0 aliphatic rings. The molecule has 7 nitrogen and oxygen atoms in total. The van der Waals surface area contributed by atoms with Crippen LogP contribution in [0, 0.1) is 0 Å². The average molecular weight is 380 g/mol. The van der Waals surface area contributed by atoms with E-state index >= 15 is 0 Å². The maximum Gasteiger partial charge on any atom is 0.352 e. The van der Waals surface area contributed by atoms with Gasteiger partial charge in [0, 0.05) is 12.0 Å². The van der Waals surface area contributed by atoms with Crippen molar-refractivity contribution >= 4 is 23.0 Å². The molecule has 0 radical (unpaired) electrons. The fraction of sp³-hybridized carbons (Fsp3) is 0.238. The van der Waals surface area contributed by atoms with Gasteiger partial charge in [0.1, 0.15) is 5.69 Å². The van der Waals surface area contributed by atoms with Gasteiger partial charge in [-0.05, 0) is 19.1 Å². The average Bonchev–Trinajstić information content (AvgIpc) is 2.71. The van der Waals surface area contributed by atoms with E-state index in [9.17, 15) is 14.4 Å². The molecule has 0 fully saturated rings. The van der Waals surface area contributed by atoms with Gasteiger partial charge in [-0.1, -0.05) is 42.5 Å². The summed E-state index contributed by atoms with van der Waals surface area (Å²) in [5.74, 6) is -1.25. The van der Waals surface area contributed by atoms with E-state index in [4.69, 9.17) is 9.47 Å². The molecule has 0 bridgehead atoms. The molecule has 3 rings (SSSR count). The monoisotopic (exact) mass is 380 g/mol. The van der Waals surface area contributed by atoms with E-state index in [1.165, 1.54) is 0 Å². The first-order valence-corrected chi connectivity index (χ1v) is 8.97. The van der Waals surface area contributed by atoms with Gasteiger partial charge in [0.25, 0.3) is 5.56 Å². The van der Waals surface area contributed by atoms with Gasteiger partial charge in [0.15, 0.2) is 0 Å². The Morgan fingerprint density at radius 2 is 1.79 bits per heavy atom. The molecule has 1 atom stereocenters. The first-order valence-electron chi connectivity index (χ1n) is 8.97. The maximum atomic E-state index is 12.3. The molecule has 1 heterocycles. The van der Waals surface area contributed by atoms with E-state index < -0.39 is 18.0 Å². The number of nitrogens with one attached hydrogen (secondary N) is 1. The number of aryl methyl sites for hydroxylation is 1. The lowest BCUT2D eigenvalue weighted by Crippen LogP contribution is -2.23. The third-order valence-electron chi connectivity index (χ3n) is 4.09. The lowest BCUT2D eigenvalue weighted by atomic mass is 10.1. The van der Waals surface area contributed by atoms with E-state index in [0.717, 1.165) is 0 Å². The van der Waals surface area contributed by atoms with Gasteiger partial charge < -0.3 is 14.5 Å². The minimum absolute atomic E-state index is 0.0862. The third-order valence-corrected chi connectivity index (χ3v) is 4.09. The second-order valence-corrected chi connectivity index (χ2v) is 6.06. The van der Waals surface area contributed by atoms with Crippen molar-refractivity contribution < 1.29 is 19.1 Å². The highest BCUT2D eigenvalue weighted by Crippen LogP contribution is 2.20. The van der Waals surface area contributed by atoms with Crippen LogP contribution in [0.25, 0.3) is 11.0 Å². The number of carbonyl (C=O) groups excluding carboxylic acids is 2. The number of para-hydroxylation sites is 2. The zero-order chi connectivity index (χ0) is 19.9. The number of carbonyl (C=O) groups is 2. The highest BCUT2D eigenvalue weighted by Gasteiger charge is 2.26. The van der Waals surface area contributed by atoms with Crippen molar-refractivity contribution in [2.45, 2.75) is 25.9 Å². The predicted octanol–water partition coefficient (Wildman–Crippen LogP) is 2.70. The van der Waals surface area contributed by atoms with E-state index in [1.807, 2.05) is 6.07 Å². The number of rotatable bonds is 7. The van der Waals surface area contributed by atoms with Crippen molar-refractivity contribution in [1.82, 2.24) is 9.97 Å². The summed E-state index contributed by atoms with van der Waals surface area (Å²) in [5.41, 5.74) is 1.68. The Kier molecular flexibility index (Phi) is 6.16. The van der Waals surface area contributed by atoms with Gasteiger partial charge in [-0.25, -0.2) is 9.78 Å².